The number of hydrogen-bond acceptors (Lipinski definition) is 8. The summed E-state index contributed by atoms with van der Waals surface area (Å²) in [6.07, 6.45) is 0. The number of rotatable bonds is 7. The van der Waals surface area contributed by atoms with E-state index in [0.717, 1.165) is 76.6 Å². The van der Waals surface area contributed by atoms with Crippen LogP contribution in [-0.2, 0) is 0 Å². The molecule has 8 heteroatoms. The highest BCUT2D eigenvalue weighted by Crippen LogP contribution is 2.38. The van der Waals surface area contributed by atoms with E-state index in [2.05, 4.69) is 146 Å². The Hall–Kier alpha value is -7.65. The van der Waals surface area contributed by atoms with E-state index in [9.17, 15) is 5.41 Å². The summed E-state index contributed by atoms with van der Waals surface area (Å²) in [7, 11) is 1.77. The Morgan fingerprint density at radius 3 is 1.63 bits per heavy atom. The molecule has 11 rings (SSSR count). The molecule has 0 unspecified atom stereocenters. The molecule has 0 aliphatic carbocycles. The van der Waals surface area contributed by atoms with Crippen molar-refractivity contribution in [2.75, 3.05) is 7.05 Å². The Balaban J connectivity index is 0.930. The van der Waals surface area contributed by atoms with Crippen LogP contribution in [0.5, 0.6) is 0 Å². The SMILES string of the molecule is CN=C(SC(=N)c1cccc(-c2cc3ccccc3c3ccccc23)n1)c1cc(-c2ccccc2)cc(-c2nnc(-c3cccc(-c4cc5ccccc5c5ccccc45)n3)s2)c1. The van der Waals surface area contributed by atoms with Gasteiger partial charge in [-0.3, -0.25) is 10.4 Å². The van der Waals surface area contributed by atoms with E-state index in [1.165, 1.54) is 50.0 Å². The Kier molecular flexibility index (Phi) is 9.92. The Morgan fingerprint density at radius 2 is 0.984 bits per heavy atom. The summed E-state index contributed by atoms with van der Waals surface area (Å²) in [4.78, 5) is 15.0. The third-order valence-electron chi connectivity index (χ3n) is 11.4. The summed E-state index contributed by atoms with van der Waals surface area (Å²) in [6.45, 7) is 0. The third kappa shape index (κ3) is 7.25. The molecule has 0 aliphatic rings. The minimum absolute atomic E-state index is 0.303. The van der Waals surface area contributed by atoms with Gasteiger partial charge in [-0.2, -0.15) is 0 Å². The van der Waals surface area contributed by atoms with Crippen molar-refractivity contribution in [2.45, 2.75) is 0 Å². The fourth-order valence-corrected chi connectivity index (χ4v) is 9.98. The maximum Gasteiger partial charge on any atom is 0.166 e. The van der Waals surface area contributed by atoms with Crippen LogP contribution in [0.1, 0.15) is 11.3 Å². The molecule has 11 aromatic rings. The Morgan fingerprint density at radius 1 is 0.460 bits per heavy atom. The number of nitrogens with one attached hydrogen (secondary N) is 1. The van der Waals surface area contributed by atoms with Gasteiger partial charge in [-0.25, -0.2) is 9.97 Å². The van der Waals surface area contributed by atoms with E-state index >= 15 is 0 Å². The first-order valence-electron chi connectivity index (χ1n) is 20.6. The fourth-order valence-electron chi connectivity index (χ4n) is 8.45. The van der Waals surface area contributed by atoms with Crippen molar-refractivity contribution in [3.8, 4) is 54.9 Å². The third-order valence-corrected chi connectivity index (χ3v) is 13.4. The van der Waals surface area contributed by atoms with Crippen LogP contribution in [0.25, 0.3) is 98.0 Å². The molecule has 0 spiro atoms. The monoisotopic (exact) mass is 844 g/mol. The smallest absolute Gasteiger partial charge is 0.166 e. The van der Waals surface area contributed by atoms with Gasteiger partial charge in [0.25, 0.3) is 0 Å². The predicted octanol–water partition coefficient (Wildman–Crippen LogP) is 14.4. The minimum atomic E-state index is 0.303. The maximum atomic E-state index is 9.36. The van der Waals surface area contributed by atoms with Crippen LogP contribution in [-0.4, -0.2) is 37.3 Å². The maximum absolute atomic E-state index is 9.36. The van der Waals surface area contributed by atoms with Gasteiger partial charge in [0.1, 0.15) is 20.8 Å². The zero-order valence-electron chi connectivity index (χ0n) is 34.0. The average Bonchev–Trinajstić information content (AvgIpc) is 3.86. The van der Waals surface area contributed by atoms with Gasteiger partial charge in [-0.1, -0.05) is 151 Å². The predicted molar refractivity (Wildman–Crippen MR) is 266 cm³/mol. The number of aromatic nitrogens is 4. The molecule has 8 aromatic carbocycles. The quantitative estimate of drug-likeness (QED) is 0.0981. The summed E-state index contributed by atoms with van der Waals surface area (Å²) < 4.78 is 0. The summed E-state index contributed by atoms with van der Waals surface area (Å²) in [5.74, 6) is 0. The summed E-state index contributed by atoms with van der Waals surface area (Å²) in [5.41, 5.74) is 9.02. The molecule has 0 amide bonds. The van der Waals surface area contributed by atoms with Crippen molar-refractivity contribution in [1.82, 2.24) is 20.2 Å². The van der Waals surface area contributed by atoms with Gasteiger partial charge in [-0.15, -0.1) is 10.2 Å². The zero-order chi connectivity index (χ0) is 42.3. The van der Waals surface area contributed by atoms with E-state index < -0.39 is 0 Å². The van der Waals surface area contributed by atoms with E-state index in [4.69, 9.17) is 25.2 Å². The van der Waals surface area contributed by atoms with Crippen LogP contribution in [0.3, 0.4) is 0 Å². The molecule has 0 fully saturated rings. The van der Waals surface area contributed by atoms with E-state index in [0.29, 0.717) is 15.8 Å². The molecule has 1 N–H and O–H groups in total. The molecule has 0 saturated heterocycles. The second-order valence-electron chi connectivity index (χ2n) is 15.2. The highest BCUT2D eigenvalue weighted by molar-refractivity contribution is 8.27. The highest BCUT2D eigenvalue weighted by Gasteiger charge is 2.19. The van der Waals surface area contributed by atoms with Crippen molar-refractivity contribution < 1.29 is 0 Å². The van der Waals surface area contributed by atoms with Crippen molar-refractivity contribution in [2.24, 2.45) is 4.99 Å². The van der Waals surface area contributed by atoms with Crippen LogP contribution >= 0.6 is 23.1 Å². The number of fused-ring (bicyclic) bond motifs is 6. The van der Waals surface area contributed by atoms with Crippen LogP contribution in [0.2, 0.25) is 0 Å². The molecule has 3 aromatic heterocycles. The van der Waals surface area contributed by atoms with Crippen LogP contribution < -0.4 is 0 Å². The molecule has 0 radical (unpaired) electrons. The van der Waals surface area contributed by atoms with E-state index in [1.807, 2.05) is 48.5 Å². The number of thioether (sulfide) groups is 1. The number of nitrogens with zero attached hydrogens (tertiary/aromatic N) is 5. The topological polar surface area (TPSA) is 87.8 Å². The number of aliphatic imine (C=N–C) groups is 1. The summed E-state index contributed by atoms with van der Waals surface area (Å²) in [5, 5.41) is 30.7. The van der Waals surface area contributed by atoms with Crippen LogP contribution in [0.15, 0.2) is 199 Å². The van der Waals surface area contributed by atoms with Gasteiger partial charge in [0.15, 0.2) is 5.01 Å². The molecular formula is C55H36N6S2. The summed E-state index contributed by atoms with van der Waals surface area (Å²) >= 11 is 2.81. The second kappa shape index (κ2) is 16.3. The molecule has 3 heterocycles. The molecule has 6 nitrogen and oxygen atoms in total. The van der Waals surface area contributed by atoms with Gasteiger partial charge < -0.3 is 0 Å². The zero-order valence-corrected chi connectivity index (χ0v) is 35.7. The van der Waals surface area contributed by atoms with Gasteiger partial charge in [0.05, 0.1) is 17.1 Å². The van der Waals surface area contributed by atoms with E-state index in [-0.39, 0.29) is 0 Å². The average molecular weight is 845 g/mol. The van der Waals surface area contributed by atoms with Crippen LogP contribution in [0.4, 0.5) is 0 Å². The van der Waals surface area contributed by atoms with Crippen LogP contribution in [0, 0.1) is 5.41 Å². The lowest BCUT2D eigenvalue weighted by atomic mass is 9.95. The standard InChI is InChI=1S/C55H36N6S2/c1-57-53(62-52(56)50-27-13-25-48(58-50)46-32-35-17-5-7-19-40(35)42-21-9-11-23-44(42)46)38-29-37(34-15-3-2-4-16-34)30-39(31-38)54-60-61-55(63-54)51-28-14-26-49(59-51)47-33-36-18-6-8-20-41(36)43-22-10-12-24-45(43)47/h2-33,56H,1H3. The van der Waals surface area contributed by atoms with Gasteiger partial charge in [-0.05, 0) is 121 Å². The second-order valence-corrected chi connectivity index (χ2v) is 17.2. The minimum Gasteiger partial charge on any atom is -0.292 e. The molecule has 298 valence electrons. The van der Waals surface area contributed by atoms with E-state index in [1.54, 1.807) is 7.05 Å². The first-order valence-corrected chi connectivity index (χ1v) is 22.3. The Labute approximate surface area is 372 Å². The Bertz CT molecular complexity index is 3600. The summed E-state index contributed by atoms with van der Waals surface area (Å²) in [6, 6.07) is 67.0. The molecule has 0 bridgehead atoms. The van der Waals surface area contributed by atoms with Crippen molar-refractivity contribution >= 4 is 76.3 Å². The largest absolute Gasteiger partial charge is 0.292 e. The normalized spacial score (nSPS) is 11.8. The van der Waals surface area contributed by atoms with Gasteiger partial charge in [0, 0.05) is 29.3 Å². The number of hydrogen-bond donors (Lipinski definition) is 1. The lowest BCUT2D eigenvalue weighted by molar-refractivity contribution is 1.09. The highest BCUT2D eigenvalue weighted by atomic mass is 32.2. The molecular weight excluding hydrogens is 809 g/mol. The first-order chi connectivity index (χ1) is 31.1. The van der Waals surface area contributed by atoms with Gasteiger partial charge in [0.2, 0.25) is 0 Å². The number of pyridine rings is 2. The molecule has 0 saturated carbocycles. The van der Waals surface area contributed by atoms with Crippen molar-refractivity contribution in [1.29, 1.82) is 5.41 Å². The number of benzene rings is 8. The fraction of sp³-hybridized carbons (Fsp3) is 0.0182. The van der Waals surface area contributed by atoms with Crippen molar-refractivity contribution in [3.63, 3.8) is 0 Å². The molecule has 0 aliphatic heterocycles. The molecule has 0 atom stereocenters. The first kappa shape index (κ1) is 38.3. The lowest BCUT2D eigenvalue weighted by Gasteiger charge is -2.13. The van der Waals surface area contributed by atoms with Crippen molar-refractivity contribution in [3.05, 3.63) is 205 Å². The lowest BCUT2D eigenvalue weighted by Crippen LogP contribution is -2.05. The molecule has 63 heavy (non-hydrogen) atoms. The van der Waals surface area contributed by atoms with Gasteiger partial charge >= 0.3 is 0 Å².